The Labute approximate surface area is 75.8 Å². The maximum atomic E-state index is 9.43. The zero-order valence-electron chi connectivity index (χ0n) is 7.34. The quantitative estimate of drug-likeness (QED) is 0.327. The molecule has 1 aliphatic heterocycles. The molecular formula is C7H15NO5. The summed E-state index contributed by atoms with van der Waals surface area (Å²) in [6.07, 6.45) is -3.38. The number of aliphatic hydroxyl groups is 4. The van der Waals surface area contributed by atoms with Crippen molar-refractivity contribution in [1.82, 2.24) is 5.32 Å². The lowest BCUT2D eigenvalue weighted by atomic mass is 10.1. The van der Waals surface area contributed by atoms with Gasteiger partial charge in [-0.05, 0) is 7.05 Å². The molecule has 1 saturated heterocycles. The number of hydrogen-bond acceptors (Lipinski definition) is 6. The van der Waals surface area contributed by atoms with E-state index >= 15 is 0 Å². The van der Waals surface area contributed by atoms with E-state index in [0.29, 0.717) is 6.54 Å². The predicted molar refractivity (Wildman–Crippen MR) is 42.8 cm³/mol. The molecule has 5 N–H and O–H groups in total. The number of likely N-dealkylation sites (N-methyl/N-ethyl adjacent to an activating group) is 1. The highest BCUT2D eigenvalue weighted by Crippen LogP contribution is 2.28. The third kappa shape index (κ3) is 1.83. The van der Waals surface area contributed by atoms with Gasteiger partial charge in [0.05, 0.1) is 6.61 Å². The molecule has 13 heavy (non-hydrogen) atoms. The summed E-state index contributed by atoms with van der Waals surface area (Å²) < 4.78 is 4.91. The minimum Gasteiger partial charge on any atom is -0.391 e. The fourth-order valence-corrected chi connectivity index (χ4v) is 1.37. The second kappa shape index (κ2) is 3.87. The molecule has 6 nitrogen and oxygen atoms in total. The molecule has 6 heteroatoms. The number of hydrogen-bond donors (Lipinski definition) is 5. The SMILES string of the molecule is CNC[C@@H]1O[C@](O)(CO)[C@@H](O)[C@@H]1O. The molecule has 4 atom stereocenters. The molecule has 1 rings (SSSR count). The van der Waals surface area contributed by atoms with Crippen molar-refractivity contribution in [3.05, 3.63) is 0 Å². The van der Waals surface area contributed by atoms with Crippen molar-refractivity contribution >= 4 is 0 Å². The van der Waals surface area contributed by atoms with E-state index in [1.165, 1.54) is 0 Å². The van der Waals surface area contributed by atoms with E-state index in [-0.39, 0.29) is 0 Å². The average Bonchev–Trinajstić information content (AvgIpc) is 2.33. The Morgan fingerprint density at radius 3 is 2.46 bits per heavy atom. The number of aliphatic hydroxyl groups excluding tert-OH is 3. The Hall–Kier alpha value is -0.240. The molecule has 0 amide bonds. The van der Waals surface area contributed by atoms with Crippen LogP contribution in [0.15, 0.2) is 0 Å². The third-order valence-electron chi connectivity index (χ3n) is 2.15. The Morgan fingerprint density at radius 1 is 1.46 bits per heavy atom. The van der Waals surface area contributed by atoms with Crippen molar-refractivity contribution in [1.29, 1.82) is 0 Å². The number of ether oxygens (including phenoxy) is 1. The highest BCUT2D eigenvalue weighted by molar-refractivity contribution is 4.95. The van der Waals surface area contributed by atoms with Crippen LogP contribution in [0.25, 0.3) is 0 Å². The van der Waals surface area contributed by atoms with Crippen LogP contribution in [-0.4, -0.2) is 64.7 Å². The Balaban J connectivity index is 2.66. The maximum Gasteiger partial charge on any atom is 0.219 e. The molecule has 1 aliphatic rings. The van der Waals surface area contributed by atoms with Gasteiger partial charge in [0.1, 0.15) is 18.3 Å². The lowest BCUT2D eigenvalue weighted by molar-refractivity contribution is -0.244. The fourth-order valence-electron chi connectivity index (χ4n) is 1.37. The summed E-state index contributed by atoms with van der Waals surface area (Å²) in [5.74, 6) is -2.04. The molecule has 0 aromatic rings. The van der Waals surface area contributed by atoms with Crippen molar-refractivity contribution < 1.29 is 25.2 Å². The van der Waals surface area contributed by atoms with Crippen LogP contribution in [-0.2, 0) is 4.74 Å². The van der Waals surface area contributed by atoms with Gasteiger partial charge in [0.15, 0.2) is 0 Å². The van der Waals surface area contributed by atoms with Crippen LogP contribution in [0.4, 0.5) is 0 Å². The van der Waals surface area contributed by atoms with Crippen molar-refractivity contribution in [2.24, 2.45) is 0 Å². The lowest BCUT2D eigenvalue weighted by Crippen LogP contribution is -2.46. The van der Waals surface area contributed by atoms with Crippen LogP contribution in [0.1, 0.15) is 0 Å². The van der Waals surface area contributed by atoms with Crippen molar-refractivity contribution in [2.75, 3.05) is 20.2 Å². The summed E-state index contributed by atoms with van der Waals surface area (Å²) in [4.78, 5) is 0. The van der Waals surface area contributed by atoms with E-state index < -0.39 is 30.7 Å². The molecule has 78 valence electrons. The monoisotopic (exact) mass is 193 g/mol. The van der Waals surface area contributed by atoms with Crippen LogP contribution in [0.2, 0.25) is 0 Å². The first kappa shape index (κ1) is 10.8. The molecule has 1 heterocycles. The highest BCUT2D eigenvalue weighted by atomic mass is 16.7. The summed E-state index contributed by atoms with van der Waals surface area (Å²) in [5, 5.41) is 39.6. The fraction of sp³-hybridized carbons (Fsp3) is 1.00. The molecule has 0 aromatic carbocycles. The summed E-state index contributed by atoms with van der Waals surface area (Å²) in [6.45, 7) is -0.452. The first-order valence-corrected chi connectivity index (χ1v) is 4.07. The van der Waals surface area contributed by atoms with Gasteiger partial charge in [-0.15, -0.1) is 0 Å². The van der Waals surface area contributed by atoms with Gasteiger partial charge in [-0.3, -0.25) is 0 Å². The van der Waals surface area contributed by atoms with Crippen LogP contribution in [0.5, 0.6) is 0 Å². The standard InChI is InChI=1S/C7H15NO5/c1-8-2-4-5(10)6(11)7(12,3-9)13-4/h4-6,8-12H,2-3H2,1H3/t4-,5+,6-,7+/m0/s1. The zero-order valence-corrected chi connectivity index (χ0v) is 7.34. The molecule has 0 aliphatic carbocycles. The molecule has 1 fully saturated rings. The summed E-state index contributed by atoms with van der Waals surface area (Å²) >= 11 is 0. The molecule has 0 aromatic heterocycles. The van der Waals surface area contributed by atoms with E-state index in [2.05, 4.69) is 5.32 Å². The molecule has 0 bridgehead atoms. The zero-order chi connectivity index (χ0) is 10.1. The van der Waals surface area contributed by atoms with Gasteiger partial charge >= 0.3 is 0 Å². The number of rotatable bonds is 3. The van der Waals surface area contributed by atoms with Gasteiger partial charge < -0.3 is 30.5 Å². The largest absolute Gasteiger partial charge is 0.391 e. The van der Waals surface area contributed by atoms with Crippen molar-refractivity contribution in [3.8, 4) is 0 Å². The minimum atomic E-state index is -2.04. The first-order chi connectivity index (χ1) is 6.05. The van der Waals surface area contributed by atoms with E-state index in [4.69, 9.17) is 9.84 Å². The lowest BCUT2D eigenvalue weighted by Gasteiger charge is -2.22. The molecule has 0 unspecified atom stereocenters. The normalized spacial score (nSPS) is 45.5. The minimum absolute atomic E-state index is 0.292. The van der Waals surface area contributed by atoms with Gasteiger partial charge in [0, 0.05) is 6.54 Å². The van der Waals surface area contributed by atoms with E-state index in [9.17, 15) is 15.3 Å². The Kier molecular flexibility index (Phi) is 3.23. The van der Waals surface area contributed by atoms with Crippen LogP contribution in [0, 0.1) is 0 Å². The van der Waals surface area contributed by atoms with Crippen molar-refractivity contribution in [3.63, 3.8) is 0 Å². The molecule has 0 spiro atoms. The predicted octanol–water partition coefficient (Wildman–Crippen LogP) is -2.99. The van der Waals surface area contributed by atoms with E-state index in [1.807, 2.05) is 0 Å². The van der Waals surface area contributed by atoms with Gasteiger partial charge in [-0.2, -0.15) is 0 Å². The highest BCUT2D eigenvalue weighted by Gasteiger charge is 2.52. The molecule has 0 saturated carbocycles. The third-order valence-corrected chi connectivity index (χ3v) is 2.15. The van der Waals surface area contributed by atoms with Crippen molar-refractivity contribution in [2.45, 2.75) is 24.1 Å². The summed E-state index contributed by atoms with van der Waals surface area (Å²) in [6, 6.07) is 0. The summed E-state index contributed by atoms with van der Waals surface area (Å²) in [5.41, 5.74) is 0. The second-order valence-corrected chi connectivity index (χ2v) is 3.15. The second-order valence-electron chi connectivity index (χ2n) is 3.15. The van der Waals surface area contributed by atoms with Gasteiger partial charge in [-0.1, -0.05) is 0 Å². The van der Waals surface area contributed by atoms with Gasteiger partial charge in [-0.25, -0.2) is 0 Å². The summed E-state index contributed by atoms with van der Waals surface area (Å²) in [7, 11) is 1.65. The number of nitrogens with one attached hydrogen (secondary N) is 1. The Bertz CT molecular complexity index is 178. The first-order valence-electron chi connectivity index (χ1n) is 4.07. The van der Waals surface area contributed by atoms with Gasteiger partial charge in [0.25, 0.3) is 0 Å². The van der Waals surface area contributed by atoms with Crippen LogP contribution in [0.3, 0.4) is 0 Å². The average molecular weight is 193 g/mol. The van der Waals surface area contributed by atoms with Crippen LogP contribution < -0.4 is 5.32 Å². The van der Waals surface area contributed by atoms with E-state index in [1.54, 1.807) is 7.05 Å². The maximum absolute atomic E-state index is 9.43. The topological polar surface area (TPSA) is 102 Å². The molecular weight excluding hydrogens is 178 g/mol. The molecule has 0 radical (unpaired) electrons. The van der Waals surface area contributed by atoms with E-state index in [0.717, 1.165) is 0 Å². The Morgan fingerprint density at radius 2 is 2.08 bits per heavy atom. The van der Waals surface area contributed by atoms with Gasteiger partial charge in [0.2, 0.25) is 5.79 Å². The van der Waals surface area contributed by atoms with Crippen LogP contribution >= 0.6 is 0 Å². The smallest absolute Gasteiger partial charge is 0.219 e.